The van der Waals surface area contributed by atoms with Gasteiger partial charge in [0.15, 0.2) is 12.2 Å². The van der Waals surface area contributed by atoms with Gasteiger partial charge in [0.1, 0.15) is 17.6 Å². The smallest absolute Gasteiger partial charge is 0.304 e. The summed E-state index contributed by atoms with van der Waals surface area (Å²) in [5.41, 5.74) is 5.86. The van der Waals surface area contributed by atoms with Crippen LogP contribution in [0.2, 0.25) is 5.02 Å². The van der Waals surface area contributed by atoms with Gasteiger partial charge in [0.2, 0.25) is 6.23 Å². The summed E-state index contributed by atoms with van der Waals surface area (Å²) in [7, 11) is 0. The van der Waals surface area contributed by atoms with E-state index in [4.69, 9.17) is 40.1 Å². The van der Waals surface area contributed by atoms with E-state index in [9.17, 15) is 14.4 Å². The minimum atomic E-state index is -1.20. The van der Waals surface area contributed by atoms with Gasteiger partial charge in [0.05, 0.1) is 18.2 Å². The van der Waals surface area contributed by atoms with Crippen LogP contribution in [0.4, 0.5) is 0 Å². The number of benzene rings is 2. The highest BCUT2D eigenvalue weighted by molar-refractivity contribution is 6.33. The summed E-state index contributed by atoms with van der Waals surface area (Å²) < 4.78 is 27.7. The average molecular weight is 548 g/mol. The topological polar surface area (TPSA) is 119 Å². The first kappa shape index (κ1) is 27.7. The molecule has 2 heterocycles. The third-order valence-corrected chi connectivity index (χ3v) is 6.51. The first-order valence-electron chi connectivity index (χ1n) is 12.3. The van der Waals surface area contributed by atoms with Gasteiger partial charge in [-0.1, -0.05) is 29.8 Å². The van der Waals surface area contributed by atoms with Gasteiger partial charge in [-0.25, -0.2) is 0 Å². The van der Waals surface area contributed by atoms with Gasteiger partial charge in [0, 0.05) is 32.8 Å². The fourth-order valence-electron chi connectivity index (χ4n) is 4.65. The lowest BCUT2D eigenvalue weighted by Gasteiger charge is -2.41. The second-order valence-electron chi connectivity index (χ2n) is 8.93. The van der Waals surface area contributed by atoms with E-state index >= 15 is 0 Å². The van der Waals surface area contributed by atoms with Crippen molar-refractivity contribution in [1.82, 2.24) is 5.48 Å². The molecule has 4 rings (SSSR count). The van der Waals surface area contributed by atoms with E-state index in [2.05, 4.69) is 5.48 Å². The van der Waals surface area contributed by atoms with Crippen molar-refractivity contribution in [1.29, 1.82) is 0 Å². The summed E-state index contributed by atoms with van der Waals surface area (Å²) in [5.74, 6) is -0.610. The number of hydrogen-bond donors (Lipinski definition) is 1. The quantitative estimate of drug-likeness (QED) is 0.388. The molecule has 0 amide bonds. The number of halogens is 1. The lowest BCUT2D eigenvalue weighted by Crippen LogP contribution is -2.59. The predicted molar refractivity (Wildman–Crippen MR) is 135 cm³/mol. The number of rotatable bonds is 8. The van der Waals surface area contributed by atoms with E-state index in [1.165, 1.54) is 20.8 Å². The molecule has 2 aliphatic rings. The second kappa shape index (κ2) is 12.0. The van der Waals surface area contributed by atoms with Crippen molar-refractivity contribution in [3.63, 3.8) is 0 Å². The molecule has 4 atom stereocenters. The number of nitrogens with one attached hydrogen (secondary N) is 1. The Labute approximate surface area is 225 Å². The largest absolute Gasteiger partial charge is 0.494 e. The molecule has 0 saturated carbocycles. The zero-order valence-corrected chi connectivity index (χ0v) is 22.3. The molecule has 1 fully saturated rings. The highest BCUT2D eigenvalue weighted by atomic mass is 35.5. The van der Waals surface area contributed by atoms with Gasteiger partial charge in [-0.15, -0.1) is 0 Å². The number of carbonyl (C=O) groups is 3. The Morgan fingerprint density at radius 2 is 1.66 bits per heavy atom. The second-order valence-corrected chi connectivity index (χ2v) is 9.31. The van der Waals surface area contributed by atoms with Crippen molar-refractivity contribution in [2.75, 3.05) is 13.2 Å². The molecule has 38 heavy (non-hydrogen) atoms. The molecule has 10 nitrogen and oxygen atoms in total. The maximum absolute atomic E-state index is 12.1. The molecular formula is C27H30ClNO9. The molecular weight excluding hydrogens is 518 g/mol. The van der Waals surface area contributed by atoms with Crippen LogP contribution in [-0.4, -0.2) is 49.6 Å². The van der Waals surface area contributed by atoms with Crippen molar-refractivity contribution in [2.45, 2.75) is 65.1 Å². The standard InChI is InChI=1S/C27H30ClNO9/c1-5-33-19-8-6-17(7-9-19)12-18-13-21(20-10-11-34-23(20)22(18)28)24-25(35-14(2)30)26(36-15(3)31)27(29-38-24)37-16(4)32/h6-9,13,24-27,29H,5,10-12H2,1-4H3/t24-,25-,26+,27-/m0/s1. The molecule has 0 bridgehead atoms. The fraction of sp³-hybridized carbons (Fsp3) is 0.444. The van der Waals surface area contributed by atoms with Gasteiger partial charge < -0.3 is 23.7 Å². The highest BCUT2D eigenvalue weighted by Crippen LogP contribution is 2.44. The summed E-state index contributed by atoms with van der Waals surface area (Å²) >= 11 is 6.78. The Bertz CT molecular complexity index is 1200. The van der Waals surface area contributed by atoms with E-state index in [0.717, 1.165) is 22.4 Å². The molecule has 2 aliphatic heterocycles. The lowest BCUT2D eigenvalue weighted by molar-refractivity contribution is -0.259. The van der Waals surface area contributed by atoms with Crippen molar-refractivity contribution in [3.8, 4) is 11.5 Å². The molecule has 0 unspecified atom stereocenters. The van der Waals surface area contributed by atoms with E-state index in [-0.39, 0.29) is 0 Å². The molecule has 0 aliphatic carbocycles. The molecule has 2 aromatic rings. The van der Waals surface area contributed by atoms with Gasteiger partial charge >= 0.3 is 17.9 Å². The Morgan fingerprint density at radius 1 is 1.00 bits per heavy atom. The van der Waals surface area contributed by atoms with Crippen LogP contribution in [0.5, 0.6) is 11.5 Å². The number of ether oxygens (including phenoxy) is 5. The van der Waals surface area contributed by atoms with Crippen LogP contribution in [0.25, 0.3) is 0 Å². The number of carbonyl (C=O) groups excluding carboxylic acids is 3. The van der Waals surface area contributed by atoms with E-state index in [1.54, 1.807) is 0 Å². The maximum Gasteiger partial charge on any atom is 0.304 e. The molecule has 11 heteroatoms. The zero-order valence-electron chi connectivity index (χ0n) is 21.6. The van der Waals surface area contributed by atoms with Gasteiger partial charge in [-0.3, -0.25) is 19.2 Å². The van der Waals surface area contributed by atoms with Gasteiger partial charge in [-0.05, 0) is 42.2 Å². The Morgan fingerprint density at radius 3 is 2.29 bits per heavy atom. The third-order valence-electron chi connectivity index (χ3n) is 6.10. The van der Waals surface area contributed by atoms with Gasteiger partial charge in [-0.2, -0.15) is 5.48 Å². The fourth-order valence-corrected chi connectivity index (χ4v) is 4.94. The maximum atomic E-state index is 12.1. The van der Waals surface area contributed by atoms with E-state index < -0.39 is 42.4 Å². The summed E-state index contributed by atoms with van der Waals surface area (Å²) in [5, 5.41) is 0.484. The zero-order chi connectivity index (χ0) is 27.4. The van der Waals surface area contributed by atoms with Crippen molar-refractivity contribution in [2.24, 2.45) is 0 Å². The van der Waals surface area contributed by atoms with Crippen LogP contribution in [0.1, 0.15) is 56.1 Å². The molecule has 0 radical (unpaired) electrons. The predicted octanol–water partition coefficient (Wildman–Crippen LogP) is 3.59. The van der Waals surface area contributed by atoms with E-state index in [1.807, 2.05) is 37.3 Å². The van der Waals surface area contributed by atoms with Crippen LogP contribution in [0.3, 0.4) is 0 Å². The molecule has 0 aromatic heterocycles. The SMILES string of the molecule is CCOc1ccc(Cc2cc([C@@H]3ON[C@@H](OC(C)=O)[C@H](OC(C)=O)[C@H]3OC(C)=O)c3c(c2Cl)OCC3)cc1. The first-order chi connectivity index (χ1) is 18.2. The van der Waals surface area contributed by atoms with E-state index in [0.29, 0.717) is 42.4 Å². The minimum absolute atomic E-state index is 0.413. The van der Waals surface area contributed by atoms with Crippen molar-refractivity contribution >= 4 is 29.5 Å². The summed E-state index contributed by atoms with van der Waals surface area (Å²) in [4.78, 5) is 41.7. The van der Waals surface area contributed by atoms with Crippen LogP contribution >= 0.6 is 11.6 Å². The van der Waals surface area contributed by atoms with Crippen LogP contribution in [0.15, 0.2) is 30.3 Å². The van der Waals surface area contributed by atoms with Crippen LogP contribution < -0.4 is 15.0 Å². The summed E-state index contributed by atoms with van der Waals surface area (Å²) in [6.07, 6.45) is -3.41. The molecule has 2 aromatic carbocycles. The minimum Gasteiger partial charge on any atom is -0.494 e. The van der Waals surface area contributed by atoms with Crippen molar-refractivity contribution < 1.29 is 42.9 Å². The molecule has 0 spiro atoms. The Balaban J connectivity index is 1.74. The summed E-state index contributed by atoms with van der Waals surface area (Å²) in [6.45, 7) is 6.56. The molecule has 1 saturated heterocycles. The Kier molecular flexibility index (Phi) is 8.76. The molecule has 204 valence electrons. The van der Waals surface area contributed by atoms with Gasteiger partial charge in [0.25, 0.3) is 0 Å². The summed E-state index contributed by atoms with van der Waals surface area (Å²) in [6, 6.07) is 9.57. The monoisotopic (exact) mass is 547 g/mol. The number of hydroxylamine groups is 1. The Hall–Kier alpha value is -3.34. The molecule has 1 N–H and O–H groups in total. The average Bonchev–Trinajstić information content (AvgIpc) is 3.34. The first-order valence-corrected chi connectivity index (χ1v) is 12.7. The number of fused-ring (bicyclic) bond motifs is 1. The number of esters is 3. The van der Waals surface area contributed by atoms with Crippen LogP contribution in [-0.2, 0) is 46.3 Å². The lowest BCUT2D eigenvalue weighted by atomic mass is 9.90. The normalized spacial score (nSPS) is 22.1. The highest BCUT2D eigenvalue weighted by Gasteiger charge is 2.49. The van der Waals surface area contributed by atoms with Crippen LogP contribution in [0, 0.1) is 0 Å². The third kappa shape index (κ3) is 6.20. The van der Waals surface area contributed by atoms with Crippen molar-refractivity contribution in [3.05, 3.63) is 57.6 Å². The number of hydrogen-bond acceptors (Lipinski definition) is 10.